The predicted octanol–water partition coefficient (Wildman–Crippen LogP) is 6.16. The number of hydrogen-bond acceptors (Lipinski definition) is 4. The monoisotopic (exact) mass is 482 g/mol. The number of hydrogen-bond donors (Lipinski definition) is 2. The van der Waals surface area contributed by atoms with Gasteiger partial charge in [0.2, 0.25) is 0 Å². The van der Waals surface area contributed by atoms with E-state index in [1.807, 2.05) is 78.9 Å². The molecule has 36 heavy (non-hydrogen) atoms. The fourth-order valence-corrected chi connectivity index (χ4v) is 4.19. The maximum Gasteiger partial charge on any atom is 0.335 e. The highest BCUT2D eigenvalue weighted by Crippen LogP contribution is 2.35. The maximum absolute atomic E-state index is 11.4. The predicted molar refractivity (Wildman–Crippen MR) is 140 cm³/mol. The normalized spacial score (nSPS) is 11.7. The Kier molecular flexibility index (Phi) is 8.87. The lowest BCUT2D eigenvalue weighted by molar-refractivity contribution is 0.0695. The van der Waals surface area contributed by atoms with Crippen molar-refractivity contribution in [3.8, 4) is 16.9 Å². The van der Waals surface area contributed by atoms with Gasteiger partial charge >= 0.3 is 5.97 Å². The number of carboxylic acid groups (broad SMARTS) is 1. The summed E-state index contributed by atoms with van der Waals surface area (Å²) in [5.74, 6) is -0.274. The minimum absolute atomic E-state index is 0.0496. The lowest BCUT2D eigenvalue weighted by Gasteiger charge is -2.22. The van der Waals surface area contributed by atoms with Crippen LogP contribution >= 0.6 is 0 Å². The summed E-state index contributed by atoms with van der Waals surface area (Å²) in [7, 11) is 0. The number of aromatic carboxylic acids is 1. The third-order valence-electron chi connectivity index (χ3n) is 5.95. The highest BCUT2D eigenvalue weighted by molar-refractivity contribution is 5.87. The van der Waals surface area contributed by atoms with Gasteiger partial charge in [-0.15, -0.1) is 0 Å². The van der Waals surface area contributed by atoms with Gasteiger partial charge in [-0.25, -0.2) is 4.79 Å². The van der Waals surface area contributed by atoms with E-state index in [0.29, 0.717) is 12.4 Å². The maximum atomic E-state index is 11.4. The van der Waals surface area contributed by atoms with E-state index in [4.69, 9.17) is 14.6 Å². The van der Waals surface area contributed by atoms with Gasteiger partial charge in [-0.05, 0) is 64.9 Å². The summed E-state index contributed by atoms with van der Waals surface area (Å²) < 4.78 is 12.1. The first-order valence-corrected chi connectivity index (χ1v) is 12.1. The first-order valence-electron chi connectivity index (χ1n) is 12.1. The molecule has 0 aromatic heterocycles. The van der Waals surface area contributed by atoms with Crippen LogP contribution in [0.3, 0.4) is 0 Å². The van der Waals surface area contributed by atoms with Gasteiger partial charge in [0.05, 0.1) is 12.2 Å². The van der Waals surface area contributed by atoms with Crippen LogP contribution in [0.15, 0.2) is 103 Å². The number of benzene rings is 4. The van der Waals surface area contributed by atoms with Crippen molar-refractivity contribution in [2.75, 3.05) is 19.8 Å². The Morgan fingerprint density at radius 1 is 0.806 bits per heavy atom. The zero-order valence-corrected chi connectivity index (χ0v) is 20.0. The van der Waals surface area contributed by atoms with Crippen LogP contribution in [0.5, 0.6) is 5.75 Å². The van der Waals surface area contributed by atoms with Gasteiger partial charge in [0.1, 0.15) is 18.5 Å². The second-order valence-electron chi connectivity index (χ2n) is 8.45. The Morgan fingerprint density at radius 2 is 1.56 bits per heavy atom. The molecule has 0 aliphatic rings. The number of rotatable bonds is 12. The van der Waals surface area contributed by atoms with Crippen molar-refractivity contribution in [2.24, 2.45) is 0 Å². The average molecular weight is 483 g/mol. The van der Waals surface area contributed by atoms with Crippen molar-refractivity contribution in [1.29, 1.82) is 0 Å². The summed E-state index contributed by atoms with van der Waals surface area (Å²) in [6.07, 6.45) is 1.40. The molecule has 0 saturated heterocycles. The average Bonchev–Trinajstić information content (AvgIpc) is 2.93. The van der Waals surface area contributed by atoms with E-state index in [1.54, 1.807) is 12.1 Å². The van der Waals surface area contributed by atoms with E-state index in [9.17, 15) is 9.90 Å². The summed E-state index contributed by atoms with van der Waals surface area (Å²) in [4.78, 5) is 11.4. The van der Waals surface area contributed by atoms with Crippen molar-refractivity contribution >= 4 is 5.97 Å². The lowest BCUT2D eigenvalue weighted by atomic mass is 9.92. The van der Waals surface area contributed by atoms with Crippen molar-refractivity contribution < 1.29 is 24.5 Å². The molecule has 0 bridgehead atoms. The molecular weight excluding hydrogens is 452 g/mol. The topological polar surface area (TPSA) is 76.0 Å². The second-order valence-corrected chi connectivity index (χ2v) is 8.45. The molecule has 0 radical (unpaired) electrons. The zero-order chi connectivity index (χ0) is 25.2. The van der Waals surface area contributed by atoms with Gasteiger partial charge < -0.3 is 19.7 Å². The van der Waals surface area contributed by atoms with Crippen molar-refractivity contribution in [3.05, 3.63) is 125 Å². The number of ether oxygens (including phenoxy) is 2. The highest BCUT2D eigenvalue weighted by Gasteiger charge is 2.20. The van der Waals surface area contributed by atoms with Crippen molar-refractivity contribution in [1.82, 2.24) is 0 Å². The molecule has 5 heteroatoms. The molecule has 0 aliphatic carbocycles. The summed E-state index contributed by atoms with van der Waals surface area (Å²) in [5.41, 5.74) is 5.36. The van der Waals surface area contributed by atoms with Gasteiger partial charge in [-0.3, -0.25) is 0 Å². The van der Waals surface area contributed by atoms with Crippen LogP contribution in [0.1, 0.15) is 39.6 Å². The third-order valence-corrected chi connectivity index (χ3v) is 5.95. The van der Waals surface area contributed by atoms with Gasteiger partial charge in [-0.1, -0.05) is 78.9 Å². The molecule has 0 aliphatic heterocycles. The van der Waals surface area contributed by atoms with Crippen LogP contribution in [-0.4, -0.2) is 36.0 Å². The molecule has 0 saturated carbocycles. The molecule has 0 spiro atoms. The summed E-state index contributed by atoms with van der Waals surface area (Å²) in [6, 6.07) is 33.0. The fraction of sp³-hybridized carbons (Fsp3) is 0.194. The standard InChI is InChI=1S/C31H30O5/c32-19-21-35-27-12-6-11-26(22-27)28-13-4-5-14-29(28)30(24-15-17-25(18-16-24)31(33)34)36-20-7-10-23-8-2-1-3-9-23/h1-6,8-9,11-18,22,30,32H,7,10,19-21H2,(H,33,34). The molecule has 5 nitrogen and oxygen atoms in total. The zero-order valence-electron chi connectivity index (χ0n) is 20.0. The SMILES string of the molecule is O=C(O)c1ccc(C(OCCCc2ccccc2)c2ccccc2-c2cccc(OCCO)c2)cc1. The van der Waals surface area contributed by atoms with E-state index in [2.05, 4.69) is 12.1 Å². The first kappa shape index (κ1) is 25.2. The molecule has 0 heterocycles. The van der Waals surface area contributed by atoms with Gasteiger partial charge in [0.25, 0.3) is 0 Å². The molecule has 4 aromatic rings. The summed E-state index contributed by atoms with van der Waals surface area (Å²) in [6.45, 7) is 0.731. The Balaban J connectivity index is 1.63. The number of carbonyl (C=O) groups is 1. The number of aliphatic hydroxyl groups excluding tert-OH is 1. The van der Waals surface area contributed by atoms with Crippen LogP contribution in [0, 0.1) is 0 Å². The van der Waals surface area contributed by atoms with Gasteiger partial charge in [0, 0.05) is 6.61 Å². The van der Waals surface area contributed by atoms with Crippen LogP contribution in [-0.2, 0) is 11.2 Å². The molecule has 1 atom stereocenters. The lowest BCUT2D eigenvalue weighted by Crippen LogP contribution is -2.10. The minimum Gasteiger partial charge on any atom is -0.491 e. The molecule has 1 unspecified atom stereocenters. The number of aryl methyl sites for hydroxylation is 1. The molecule has 2 N–H and O–H groups in total. The van der Waals surface area contributed by atoms with E-state index in [-0.39, 0.29) is 24.9 Å². The van der Waals surface area contributed by atoms with E-state index < -0.39 is 5.97 Å². The smallest absolute Gasteiger partial charge is 0.335 e. The third kappa shape index (κ3) is 6.60. The second kappa shape index (κ2) is 12.7. The Bertz CT molecular complexity index is 1250. The van der Waals surface area contributed by atoms with Crippen molar-refractivity contribution in [3.63, 3.8) is 0 Å². The van der Waals surface area contributed by atoms with Crippen molar-refractivity contribution in [2.45, 2.75) is 18.9 Å². The van der Waals surface area contributed by atoms with Crippen LogP contribution in [0.4, 0.5) is 0 Å². The van der Waals surface area contributed by atoms with E-state index in [0.717, 1.165) is 35.1 Å². The number of aliphatic hydroxyl groups is 1. The van der Waals surface area contributed by atoms with E-state index >= 15 is 0 Å². The summed E-state index contributed by atoms with van der Waals surface area (Å²) in [5, 5.41) is 18.4. The highest BCUT2D eigenvalue weighted by atomic mass is 16.5. The van der Waals surface area contributed by atoms with Crippen LogP contribution in [0.25, 0.3) is 11.1 Å². The first-order chi connectivity index (χ1) is 17.7. The Labute approximate surface area is 211 Å². The molecule has 4 rings (SSSR count). The van der Waals surface area contributed by atoms with Crippen LogP contribution < -0.4 is 4.74 Å². The van der Waals surface area contributed by atoms with E-state index in [1.165, 1.54) is 5.56 Å². The molecule has 0 amide bonds. The Morgan fingerprint density at radius 3 is 2.31 bits per heavy atom. The molecule has 184 valence electrons. The number of carboxylic acids is 1. The Hall–Kier alpha value is -3.93. The largest absolute Gasteiger partial charge is 0.491 e. The quantitative estimate of drug-likeness (QED) is 0.237. The minimum atomic E-state index is -0.957. The van der Waals surface area contributed by atoms with Gasteiger partial charge in [0.15, 0.2) is 0 Å². The molecule has 4 aromatic carbocycles. The molecular formula is C31H30O5. The molecule has 0 fully saturated rings. The fourth-order valence-electron chi connectivity index (χ4n) is 4.19. The van der Waals surface area contributed by atoms with Crippen LogP contribution in [0.2, 0.25) is 0 Å². The summed E-state index contributed by atoms with van der Waals surface area (Å²) >= 11 is 0. The van der Waals surface area contributed by atoms with Gasteiger partial charge in [-0.2, -0.15) is 0 Å².